The average Bonchev–Trinajstić information content (AvgIpc) is 2.37. The van der Waals surface area contributed by atoms with Crippen molar-refractivity contribution in [1.29, 1.82) is 0 Å². The molecule has 0 fully saturated rings. The number of rotatable bonds is 7. The van der Waals surface area contributed by atoms with Crippen molar-refractivity contribution in [3.8, 4) is 0 Å². The van der Waals surface area contributed by atoms with Crippen LogP contribution in [0.25, 0.3) is 0 Å². The lowest BCUT2D eigenvalue weighted by molar-refractivity contribution is -0.142. The van der Waals surface area contributed by atoms with Crippen molar-refractivity contribution < 1.29 is 9.53 Å². The third-order valence-corrected chi connectivity index (χ3v) is 3.23. The number of hydrogen-bond acceptors (Lipinski definition) is 2. The third-order valence-electron chi connectivity index (χ3n) is 3.23. The Morgan fingerprint density at radius 2 is 1.83 bits per heavy atom. The molecule has 2 heteroatoms. The van der Waals surface area contributed by atoms with Gasteiger partial charge < -0.3 is 4.74 Å². The molecule has 0 spiro atoms. The van der Waals surface area contributed by atoms with E-state index >= 15 is 0 Å². The number of carbonyl (C=O) groups is 1. The van der Waals surface area contributed by atoms with Gasteiger partial charge in [0, 0.05) is 0 Å². The molecule has 0 N–H and O–H groups in total. The predicted molar refractivity (Wildman–Crippen MR) is 74.7 cm³/mol. The van der Waals surface area contributed by atoms with Gasteiger partial charge in [0.15, 0.2) is 0 Å². The average molecular weight is 248 g/mol. The predicted octanol–water partition coefficient (Wildman–Crippen LogP) is 4.09. The van der Waals surface area contributed by atoms with Crippen LogP contribution in [0.1, 0.15) is 57.1 Å². The molecule has 0 aromatic heterocycles. The summed E-state index contributed by atoms with van der Waals surface area (Å²) in [5.41, 5.74) is 2.41. The summed E-state index contributed by atoms with van der Waals surface area (Å²) in [4.78, 5) is 11.4. The number of carbonyl (C=O) groups excluding carboxylic acids is 1. The van der Waals surface area contributed by atoms with E-state index in [4.69, 9.17) is 4.74 Å². The van der Waals surface area contributed by atoms with E-state index in [0.717, 1.165) is 5.56 Å². The Morgan fingerprint density at radius 1 is 1.17 bits per heavy atom. The summed E-state index contributed by atoms with van der Waals surface area (Å²) >= 11 is 0. The molecule has 0 bridgehead atoms. The molecule has 0 aliphatic heterocycles. The van der Waals surface area contributed by atoms with Gasteiger partial charge >= 0.3 is 5.97 Å². The maximum Gasteiger partial charge on any atom is 0.310 e. The molecule has 1 atom stereocenters. The Labute approximate surface area is 110 Å². The van der Waals surface area contributed by atoms with Gasteiger partial charge in [-0.3, -0.25) is 4.79 Å². The molecule has 0 saturated heterocycles. The molecule has 1 rings (SSSR count). The van der Waals surface area contributed by atoms with E-state index in [2.05, 4.69) is 26.0 Å². The van der Waals surface area contributed by atoms with E-state index in [0.29, 0.717) is 18.9 Å². The number of benzene rings is 1. The molecule has 0 saturated carbocycles. The van der Waals surface area contributed by atoms with Crippen LogP contribution in [-0.2, 0) is 16.0 Å². The fourth-order valence-electron chi connectivity index (χ4n) is 2.24. The van der Waals surface area contributed by atoms with Crippen LogP contribution in [0.15, 0.2) is 24.3 Å². The first-order valence-corrected chi connectivity index (χ1v) is 6.95. The molecule has 1 unspecified atom stereocenters. The second-order valence-electron chi connectivity index (χ2n) is 4.62. The molecule has 0 aliphatic rings. The molecular formula is C16H24O2. The Morgan fingerprint density at radius 3 is 2.33 bits per heavy atom. The van der Waals surface area contributed by atoms with Crippen LogP contribution in [0.3, 0.4) is 0 Å². The van der Waals surface area contributed by atoms with E-state index < -0.39 is 0 Å². The van der Waals surface area contributed by atoms with Gasteiger partial charge in [0.05, 0.1) is 13.0 Å². The molecule has 0 amide bonds. The van der Waals surface area contributed by atoms with Crippen LogP contribution < -0.4 is 0 Å². The zero-order chi connectivity index (χ0) is 13.4. The number of esters is 1. The van der Waals surface area contributed by atoms with Gasteiger partial charge in [0.2, 0.25) is 0 Å². The molecular weight excluding hydrogens is 224 g/mol. The minimum Gasteiger partial charge on any atom is -0.466 e. The van der Waals surface area contributed by atoms with Gasteiger partial charge in [0.1, 0.15) is 0 Å². The lowest BCUT2D eigenvalue weighted by atomic mass is 9.91. The maximum absolute atomic E-state index is 11.4. The van der Waals surface area contributed by atoms with Gasteiger partial charge in [0.25, 0.3) is 0 Å². The second-order valence-corrected chi connectivity index (χ2v) is 4.62. The highest BCUT2D eigenvalue weighted by molar-refractivity contribution is 5.72. The van der Waals surface area contributed by atoms with E-state index in [9.17, 15) is 4.79 Å². The molecule has 1 aromatic rings. The van der Waals surface area contributed by atoms with Crippen LogP contribution in [0, 0.1) is 0 Å². The highest BCUT2D eigenvalue weighted by atomic mass is 16.5. The summed E-state index contributed by atoms with van der Waals surface area (Å²) < 4.78 is 4.94. The minimum absolute atomic E-state index is 0.147. The van der Waals surface area contributed by atoms with E-state index in [-0.39, 0.29) is 5.97 Å². The third kappa shape index (κ3) is 4.52. The smallest absolute Gasteiger partial charge is 0.310 e. The Hall–Kier alpha value is -1.31. The molecule has 1 aromatic carbocycles. The topological polar surface area (TPSA) is 26.3 Å². The van der Waals surface area contributed by atoms with Crippen LogP contribution >= 0.6 is 0 Å². The van der Waals surface area contributed by atoms with Gasteiger partial charge in [-0.25, -0.2) is 0 Å². The molecule has 0 aliphatic carbocycles. The van der Waals surface area contributed by atoms with Crippen molar-refractivity contribution in [3.63, 3.8) is 0 Å². The fourth-order valence-corrected chi connectivity index (χ4v) is 2.24. The highest BCUT2D eigenvalue weighted by Crippen LogP contribution is 2.24. The first-order valence-electron chi connectivity index (χ1n) is 6.95. The largest absolute Gasteiger partial charge is 0.466 e. The summed E-state index contributed by atoms with van der Waals surface area (Å²) in [5.74, 6) is 0.498. The lowest BCUT2D eigenvalue weighted by Gasteiger charge is -2.14. The van der Waals surface area contributed by atoms with E-state index in [1.54, 1.807) is 0 Å². The van der Waals surface area contributed by atoms with Crippen LogP contribution in [0.5, 0.6) is 0 Å². The normalized spacial score (nSPS) is 12.2. The van der Waals surface area contributed by atoms with Gasteiger partial charge in [-0.05, 0) is 36.8 Å². The van der Waals surface area contributed by atoms with Gasteiger partial charge in [-0.1, -0.05) is 44.5 Å². The molecule has 2 nitrogen and oxygen atoms in total. The Kier molecular flexibility index (Phi) is 6.48. The van der Waals surface area contributed by atoms with Crippen molar-refractivity contribution in [3.05, 3.63) is 35.4 Å². The Bertz CT molecular complexity index is 354. The number of ether oxygens (including phenoxy) is 1. The first kappa shape index (κ1) is 14.7. The summed E-state index contributed by atoms with van der Waals surface area (Å²) in [6.45, 7) is 6.73. The Balaban J connectivity index is 2.64. The van der Waals surface area contributed by atoms with Crippen molar-refractivity contribution in [1.82, 2.24) is 0 Å². The van der Waals surface area contributed by atoms with Crippen molar-refractivity contribution in [2.75, 3.05) is 6.61 Å². The quantitative estimate of drug-likeness (QED) is 0.679. The number of hydrogen-bond donors (Lipinski definition) is 0. The van der Waals surface area contributed by atoms with E-state index in [1.165, 1.54) is 24.8 Å². The van der Waals surface area contributed by atoms with Crippen LogP contribution in [0.4, 0.5) is 0 Å². The maximum atomic E-state index is 11.4. The first-order chi connectivity index (χ1) is 8.71. The second kappa shape index (κ2) is 7.91. The summed E-state index contributed by atoms with van der Waals surface area (Å²) in [6, 6.07) is 8.39. The zero-order valence-corrected chi connectivity index (χ0v) is 11.7. The van der Waals surface area contributed by atoms with Crippen LogP contribution in [0.2, 0.25) is 0 Å². The molecule has 18 heavy (non-hydrogen) atoms. The zero-order valence-electron chi connectivity index (χ0n) is 11.7. The van der Waals surface area contributed by atoms with Crippen molar-refractivity contribution in [2.24, 2.45) is 0 Å². The highest BCUT2D eigenvalue weighted by Gasteiger charge is 2.09. The van der Waals surface area contributed by atoms with Gasteiger partial charge in [-0.15, -0.1) is 0 Å². The molecule has 100 valence electrons. The SMILES string of the molecule is CCCC(CC)c1ccc(CC(=O)OCC)cc1. The van der Waals surface area contributed by atoms with Gasteiger partial charge in [-0.2, -0.15) is 0 Å². The lowest BCUT2D eigenvalue weighted by Crippen LogP contribution is -2.07. The van der Waals surface area contributed by atoms with Crippen LogP contribution in [-0.4, -0.2) is 12.6 Å². The van der Waals surface area contributed by atoms with Crippen molar-refractivity contribution in [2.45, 2.75) is 52.4 Å². The minimum atomic E-state index is -0.147. The fraction of sp³-hybridized carbons (Fsp3) is 0.562. The molecule has 0 heterocycles. The van der Waals surface area contributed by atoms with Crippen molar-refractivity contribution >= 4 is 5.97 Å². The standard InChI is InChI=1S/C16H24O2/c1-4-7-14(5-2)15-10-8-13(9-11-15)12-16(17)18-6-3/h8-11,14H,4-7,12H2,1-3H3. The van der Waals surface area contributed by atoms with E-state index in [1.807, 2.05) is 19.1 Å². The molecule has 0 radical (unpaired) electrons. The monoisotopic (exact) mass is 248 g/mol. The summed E-state index contributed by atoms with van der Waals surface area (Å²) in [6.07, 6.45) is 3.99. The summed E-state index contributed by atoms with van der Waals surface area (Å²) in [5, 5.41) is 0. The summed E-state index contributed by atoms with van der Waals surface area (Å²) in [7, 11) is 0.